The van der Waals surface area contributed by atoms with Gasteiger partial charge in [0.05, 0.1) is 0 Å². The van der Waals surface area contributed by atoms with Crippen molar-refractivity contribution in [3.05, 3.63) is 119 Å². The average Bonchev–Trinajstić information content (AvgIpc) is 2.83. The minimum Gasteiger partial charge on any atom is -0.355 e. The van der Waals surface area contributed by atoms with Crippen molar-refractivity contribution in [2.45, 2.75) is 52.4 Å². The third kappa shape index (κ3) is 7.23. The zero-order valence-corrected chi connectivity index (χ0v) is 19.3. The second-order valence-electron chi connectivity index (χ2n) is 8.12. The van der Waals surface area contributed by atoms with E-state index >= 15 is 0 Å². The van der Waals surface area contributed by atoms with Gasteiger partial charge in [-0.1, -0.05) is 92.9 Å². The molecule has 0 aliphatic carbocycles. The van der Waals surface area contributed by atoms with Crippen LogP contribution in [0.15, 0.2) is 96.6 Å². The van der Waals surface area contributed by atoms with E-state index in [2.05, 4.69) is 73.8 Å². The average molecular weight is 428 g/mol. The van der Waals surface area contributed by atoms with Crippen molar-refractivity contribution in [2.24, 2.45) is 0 Å². The van der Waals surface area contributed by atoms with Crippen LogP contribution in [-0.4, -0.2) is 0 Å². The number of anilines is 1. The van der Waals surface area contributed by atoms with Crippen molar-refractivity contribution in [2.75, 3.05) is 5.32 Å². The summed E-state index contributed by atoms with van der Waals surface area (Å²) >= 11 is 0. The van der Waals surface area contributed by atoms with Crippen molar-refractivity contribution < 1.29 is 4.39 Å². The van der Waals surface area contributed by atoms with Gasteiger partial charge in [-0.25, -0.2) is 4.39 Å². The first-order chi connectivity index (χ1) is 15.7. The Morgan fingerprint density at radius 1 is 0.844 bits per heavy atom. The number of unbranched alkanes of at least 4 members (excludes halogenated alkanes) is 2. The number of allylic oxidation sites excluding steroid dienone is 3. The molecule has 0 heterocycles. The van der Waals surface area contributed by atoms with E-state index in [4.69, 9.17) is 0 Å². The van der Waals surface area contributed by atoms with Gasteiger partial charge in [-0.05, 0) is 67.2 Å². The maximum atomic E-state index is 14.7. The highest BCUT2D eigenvalue weighted by atomic mass is 19.1. The number of aryl methyl sites for hydroxylation is 2. The summed E-state index contributed by atoms with van der Waals surface area (Å²) in [5.74, 6) is -0.213. The number of halogens is 1. The maximum absolute atomic E-state index is 14.7. The largest absolute Gasteiger partial charge is 0.355 e. The summed E-state index contributed by atoms with van der Waals surface area (Å²) in [6, 6.07) is 26.0. The minimum absolute atomic E-state index is 0.213. The van der Waals surface area contributed by atoms with Gasteiger partial charge in [-0.2, -0.15) is 0 Å². The van der Waals surface area contributed by atoms with Gasteiger partial charge < -0.3 is 5.32 Å². The van der Waals surface area contributed by atoms with Crippen LogP contribution in [0.5, 0.6) is 0 Å². The first-order valence-corrected chi connectivity index (χ1v) is 11.7. The van der Waals surface area contributed by atoms with Crippen LogP contribution in [0.25, 0.3) is 5.70 Å². The van der Waals surface area contributed by atoms with Gasteiger partial charge in [0.2, 0.25) is 0 Å². The minimum atomic E-state index is -0.213. The van der Waals surface area contributed by atoms with Gasteiger partial charge in [0.15, 0.2) is 0 Å². The summed E-state index contributed by atoms with van der Waals surface area (Å²) in [6.07, 6.45) is 10.7. The van der Waals surface area contributed by atoms with E-state index in [1.54, 1.807) is 6.07 Å². The number of hydrogen-bond acceptors (Lipinski definition) is 1. The lowest BCUT2D eigenvalue weighted by Crippen LogP contribution is -2.03. The Balaban J connectivity index is 1.84. The highest BCUT2D eigenvalue weighted by molar-refractivity contribution is 5.79. The third-order valence-electron chi connectivity index (χ3n) is 5.62. The second kappa shape index (κ2) is 12.7. The topological polar surface area (TPSA) is 12.0 Å². The molecule has 0 amide bonds. The Bertz CT molecular complexity index is 1030. The molecule has 0 saturated heterocycles. The number of benzene rings is 3. The van der Waals surface area contributed by atoms with Crippen molar-refractivity contribution in [1.29, 1.82) is 0 Å². The van der Waals surface area contributed by atoms with E-state index in [0.29, 0.717) is 5.56 Å². The monoisotopic (exact) mass is 427 g/mol. The Hall–Kier alpha value is -3.13. The predicted octanol–water partition coefficient (Wildman–Crippen LogP) is 8.59. The van der Waals surface area contributed by atoms with E-state index < -0.39 is 0 Å². The molecule has 0 spiro atoms. The van der Waals surface area contributed by atoms with E-state index in [1.807, 2.05) is 24.3 Å². The highest BCUT2D eigenvalue weighted by Crippen LogP contribution is 2.25. The first-order valence-electron chi connectivity index (χ1n) is 11.7. The number of rotatable bonds is 11. The summed E-state index contributed by atoms with van der Waals surface area (Å²) in [7, 11) is 0. The molecule has 3 rings (SSSR count). The molecule has 166 valence electrons. The van der Waals surface area contributed by atoms with E-state index in [1.165, 1.54) is 35.6 Å². The Kier molecular flexibility index (Phi) is 9.31. The summed E-state index contributed by atoms with van der Waals surface area (Å²) in [6.45, 7) is 4.35. The van der Waals surface area contributed by atoms with Gasteiger partial charge in [0, 0.05) is 16.9 Å². The molecular formula is C30H34FN. The molecule has 3 aromatic rings. The third-order valence-corrected chi connectivity index (χ3v) is 5.62. The molecule has 0 radical (unpaired) electrons. The summed E-state index contributed by atoms with van der Waals surface area (Å²) in [4.78, 5) is 0. The molecular weight excluding hydrogens is 393 g/mol. The molecule has 1 N–H and O–H groups in total. The SMILES string of the molecule is CCCC/C=C(\C=C(/Nc1cccc(CCc2ccccc2)c1)c1ccccc1F)CC. The molecule has 0 atom stereocenters. The molecule has 2 heteroatoms. The van der Waals surface area contributed by atoms with Crippen LogP contribution < -0.4 is 5.32 Å². The lowest BCUT2D eigenvalue weighted by Gasteiger charge is -2.15. The van der Waals surface area contributed by atoms with Gasteiger partial charge in [0.1, 0.15) is 5.82 Å². The van der Waals surface area contributed by atoms with Crippen molar-refractivity contribution in [3.63, 3.8) is 0 Å². The highest BCUT2D eigenvalue weighted by Gasteiger charge is 2.09. The normalized spacial score (nSPS) is 12.1. The quantitative estimate of drug-likeness (QED) is 0.239. The summed E-state index contributed by atoms with van der Waals surface area (Å²) in [5, 5.41) is 3.51. The van der Waals surface area contributed by atoms with E-state index in [0.717, 1.165) is 37.1 Å². The lowest BCUT2D eigenvalue weighted by molar-refractivity contribution is 0.624. The fraction of sp³-hybridized carbons (Fsp3) is 0.267. The van der Waals surface area contributed by atoms with Crippen LogP contribution in [0.1, 0.15) is 56.2 Å². The molecule has 1 nitrogen and oxygen atoms in total. The van der Waals surface area contributed by atoms with Crippen LogP contribution in [0.2, 0.25) is 0 Å². The maximum Gasteiger partial charge on any atom is 0.132 e. The Morgan fingerprint density at radius 3 is 2.31 bits per heavy atom. The van der Waals surface area contributed by atoms with Crippen LogP contribution in [-0.2, 0) is 12.8 Å². The van der Waals surface area contributed by atoms with Gasteiger partial charge >= 0.3 is 0 Å². The summed E-state index contributed by atoms with van der Waals surface area (Å²) in [5.41, 5.74) is 6.20. The molecule has 0 saturated carbocycles. The zero-order valence-electron chi connectivity index (χ0n) is 19.3. The number of nitrogens with one attached hydrogen (secondary N) is 1. The molecule has 0 bridgehead atoms. The smallest absolute Gasteiger partial charge is 0.132 e. The molecule has 0 unspecified atom stereocenters. The van der Waals surface area contributed by atoms with Crippen LogP contribution in [0.4, 0.5) is 10.1 Å². The number of hydrogen-bond donors (Lipinski definition) is 1. The van der Waals surface area contributed by atoms with Crippen LogP contribution in [0.3, 0.4) is 0 Å². The zero-order chi connectivity index (χ0) is 22.6. The first kappa shape index (κ1) is 23.5. The standard InChI is InChI=1S/C30H34FN/c1-3-5-7-13-24(4-2)23-30(28-18-10-11-19-29(28)31)32-27-17-12-16-26(22-27)21-20-25-14-8-6-9-15-25/h6,8-19,22-23,32H,3-5,7,20-21H2,1-2H3/b24-13-,30-23-. The fourth-order valence-corrected chi connectivity index (χ4v) is 3.74. The van der Waals surface area contributed by atoms with E-state index in [-0.39, 0.29) is 5.82 Å². The molecule has 3 aromatic carbocycles. The van der Waals surface area contributed by atoms with Gasteiger partial charge in [-0.3, -0.25) is 0 Å². The Morgan fingerprint density at radius 2 is 1.56 bits per heavy atom. The molecule has 0 aromatic heterocycles. The second-order valence-corrected chi connectivity index (χ2v) is 8.12. The molecule has 32 heavy (non-hydrogen) atoms. The van der Waals surface area contributed by atoms with Crippen molar-refractivity contribution >= 4 is 11.4 Å². The van der Waals surface area contributed by atoms with Crippen molar-refractivity contribution in [3.8, 4) is 0 Å². The van der Waals surface area contributed by atoms with Crippen molar-refractivity contribution in [1.82, 2.24) is 0 Å². The van der Waals surface area contributed by atoms with Crippen LogP contribution >= 0.6 is 0 Å². The van der Waals surface area contributed by atoms with E-state index in [9.17, 15) is 4.39 Å². The van der Waals surface area contributed by atoms with Gasteiger partial charge in [-0.15, -0.1) is 0 Å². The predicted molar refractivity (Wildman–Crippen MR) is 136 cm³/mol. The van der Waals surface area contributed by atoms with Gasteiger partial charge in [0.25, 0.3) is 0 Å². The summed E-state index contributed by atoms with van der Waals surface area (Å²) < 4.78 is 14.7. The fourth-order valence-electron chi connectivity index (χ4n) is 3.74. The van der Waals surface area contributed by atoms with Crippen LogP contribution in [0, 0.1) is 5.82 Å². The Labute approximate surface area is 192 Å². The molecule has 0 aliphatic heterocycles. The molecule has 0 fully saturated rings. The lowest BCUT2D eigenvalue weighted by atomic mass is 10.0. The molecule has 0 aliphatic rings.